The van der Waals surface area contributed by atoms with Gasteiger partial charge < -0.3 is 4.57 Å². The maximum Gasteiger partial charge on any atom is 0.297 e. The number of nitrogens with zero attached hydrogens (tertiary/aromatic N) is 4. The summed E-state index contributed by atoms with van der Waals surface area (Å²) in [7, 11) is 1.90. The lowest BCUT2D eigenvalue weighted by molar-refractivity contribution is 0.630. The molecule has 5 rings (SSSR count). The van der Waals surface area contributed by atoms with E-state index in [9.17, 15) is 4.79 Å². The minimum atomic E-state index is -0.114. The highest BCUT2D eigenvalue weighted by Gasteiger charge is 2.17. The van der Waals surface area contributed by atoms with Gasteiger partial charge >= 0.3 is 0 Å². The van der Waals surface area contributed by atoms with Crippen LogP contribution in [0, 0.1) is 20.8 Å². The van der Waals surface area contributed by atoms with Gasteiger partial charge in [0, 0.05) is 19.0 Å². The zero-order valence-corrected chi connectivity index (χ0v) is 21.9. The summed E-state index contributed by atoms with van der Waals surface area (Å²) in [6, 6.07) is 26.8. The van der Waals surface area contributed by atoms with Crippen molar-refractivity contribution >= 4 is 17.0 Å². The largest absolute Gasteiger partial charge is 0.316 e. The number of benzene rings is 3. The Labute approximate surface area is 215 Å². The molecule has 2 aromatic heterocycles. The van der Waals surface area contributed by atoms with Gasteiger partial charge in [0.05, 0.1) is 17.1 Å². The van der Waals surface area contributed by atoms with Crippen molar-refractivity contribution in [1.29, 1.82) is 0 Å². The predicted octanol–water partition coefficient (Wildman–Crippen LogP) is 6.11. The number of rotatable bonds is 6. The van der Waals surface area contributed by atoms with E-state index >= 15 is 0 Å². The molecular formula is C30H30N4OS. The van der Waals surface area contributed by atoms with Crippen molar-refractivity contribution in [3.63, 3.8) is 0 Å². The summed E-state index contributed by atoms with van der Waals surface area (Å²) in [4.78, 5) is 19.3. The molecule has 0 atom stereocenters. The summed E-state index contributed by atoms with van der Waals surface area (Å²) in [6.07, 6.45) is 0.880. The van der Waals surface area contributed by atoms with Crippen LogP contribution in [0.5, 0.6) is 0 Å². The quantitative estimate of drug-likeness (QED) is 0.281. The zero-order valence-electron chi connectivity index (χ0n) is 21.1. The van der Waals surface area contributed by atoms with Crippen molar-refractivity contribution in [2.75, 3.05) is 0 Å². The molecule has 2 heterocycles. The minimum Gasteiger partial charge on any atom is -0.316 e. The first-order chi connectivity index (χ1) is 17.4. The Balaban J connectivity index is 1.65. The molecule has 182 valence electrons. The smallest absolute Gasteiger partial charge is 0.297 e. The van der Waals surface area contributed by atoms with Crippen LogP contribution in [0.3, 0.4) is 0 Å². The van der Waals surface area contributed by atoms with Crippen molar-refractivity contribution in [2.24, 2.45) is 12.0 Å². The van der Waals surface area contributed by atoms with E-state index in [1.165, 1.54) is 16.7 Å². The van der Waals surface area contributed by atoms with Gasteiger partial charge in [-0.2, -0.15) is 0 Å². The van der Waals surface area contributed by atoms with E-state index in [0.29, 0.717) is 5.69 Å². The lowest BCUT2D eigenvalue weighted by atomic mass is 10.0. The highest BCUT2D eigenvalue weighted by Crippen LogP contribution is 2.24. The summed E-state index contributed by atoms with van der Waals surface area (Å²) in [5.41, 5.74) is 8.11. The van der Waals surface area contributed by atoms with Crippen molar-refractivity contribution < 1.29 is 0 Å². The Hall–Kier alpha value is -3.90. The lowest BCUT2D eigenvalue weighted by Gasteiger charge is -2.11. The SMILES string of the molecule is Cc1ccc(-c2csc(=Nc3c(C)n(C)n(-c4ccccc4)c3=O)n2CCc2ccccc2)cc1C. The van der Waals surface area contributed by atoms with E-state index in [0.717, 1.165) is 40.4 Å². The van der Waals surface area contributed by atoms with E-state index in [4.69, 9.17) is 4.99 Å². The van der Waals surface area contributed by atoms with E-state index in [1.54, 1.807) is 16.0 Å². The van der Waals surface area contributed by atoms with Crippen molar-refractivity contribution in [1.82, 2.24) is 13.9 Å². The van der Waals surface area contributed by atoms with Gasteiger partial charge in [0.1, 0.15) is 0 Å². The van der Waals surface area contributed by atoms with Crippen molar-refractivity contribution in [3.05, 3.63) is 122 Å². The molecule has 0 saturated carbocycles. The first kappa shape index (κ1) is 23.8. The Morgan fingerprint density at radius 3 is 2.25 bits per heavy atom. The summed E-state index contributed by atoms with van der Waals surface area (Å²) >= 11 is 1.58. The average Bonchev–Trinajstić information content (AvgIpc) is 3.39. The molecule has 6 heteroatoms. The molecule has 0 amide bonds. The highest BCUT2D eigenvalue weighted by atomic mass is 32.1. The molecule has 0 saturated heterocycles. The van der Waals surface area contributed by atoms with Crippen LogP contribution in [0.4, 0.5) is 5.69 Å². The fourth-order valence-corrected chi connectivity index (χ4v) is 5.37. The van der Waals surface area contributed by atoms with Crippen LogP contribution in [0.15, 0.2) is 94.0 Å². The molecule has 0 aliphatic rings. The Kier molecular flexibility index (Phi) is 6.61. The molecule has 0 N–H and O–H groups in total. The first-order valence-electron chi connectivity index (χ1n) is 12.1. The molecular weight excluding hydrogens is 464 g/mol. The van der Waals surface area contributed by atoms with Crippen molar-refractivity contribution in [3.8, 4) is 16.9 Å². The lowest BCUT2D eigenvalue weighted by Crippen LogP contribution is -2.20. The Morgan fingerprint density at radius 1 is 0.861 bits per heavy atom. The molecule has 5 nitrogen and oxygen atoms in total. The van der Waals surface area contributed by atoms with E-state index in [2.05, 4.69) is 66.3 Å². The predicted molar refractivity (Wildman–Crippen MR) is 148 cm³/mol. The van der Waals surface area contributed by atoms with Crippen LogP contribution in [0.2, 0.25) is 0 Å². The molecule has 0 bridgehead atoms. The van der Waals surface area contributed by atoms with Crippen LogP contribution >= 0.6 is 11.3 Å². The zero-order chi connectivity index (χ0) is 25.2. The standard InChI is InChI=1S/C30H30N4OS/c1-21-15-16-25(19-22(21)2)27-20-36-30(33(27)18-17-24-11-7-5-8-12-24)31-28-23(3)32(4)34(29(28)35)26-13-9-6-10-14-26/h5-16,19-20H,17-18H2,1-4H3. The van der Waals surface area contributed by atoms with Gasteiger partial charge in [-0.3, -0.25) is 9.48 Å². The average molecular weight is 495 g/mol. The van der Waals surface area contributed by atoms with Gasteiger partial charge in [-0.25, -0.2) is 9.67 Å². The van der Waals surface area contributed by atoms with Crippen LogP contribution in [-0.4, -0.2) is 13.9 Å². The highest BCUT2D eigenvalue weighted by molar-refractivity contribution is 7.07. The Bertz CT molecular complexity index is 1640. The molecule has 0 fully saturated rings. The van der Waals surface area contributed by atoms with E-state index in [1.807, 2.05) is 55.1 Å². The Morgan fingerprint density at radius 2 is 1.56 bits per heavy atom. The van der Waals surface area contributed by atoms with Crippen LogP contribution in [-0.2, 0) is 20.0 Å². The number of hydrogen-bond donors (Lipinski definition) is 0. The maximum absolute atomic E-state index is 13.5. The van der Waals surface area contributed by atoms with Gasteiger partial charge in [0.15, 0.2) is 10.5 Å². The molecule has 3 aromatic carbocycles. The molecule has 36 heavy (non-hydrogen) atoms. The molecule has 0 spiro atoms. The summed E-state index contributed by atoms with van der Waals surface area (Å²) in [5.74, 6) is 0. The second kappa shape index (κ2) is 9.99. The maximum atomic E-state index is 13.5. The fraction of sp³-hybridized carbons (Fsp3) is 0.200. The van der Waals surface area contributed by atoms with Gasteiger partial charge in [0.25, 0.3) is 5.56 Å². The monoisotopic (exact) mass is 494 g/mol. The number of para-hydroxylation sites is 1. The third-order valence-electron chi connectivity index (χ3n) is 6.80. The molecule has 0 aliphatic carbocycles. The van der Waals surface area contributed by atoms with Crippen molar-refractivity contribution in [2.45, 2.75) is 33.7 Å². The van der Waals surface area contributed by atoms with E-state index < -0.39 is 0 Å². The van der Waals surface area contributed by atoms with Gasteiger partial charge in [-0.1, -0.05) is 60.7 Å². The number of aromatic nitrogens is 3. The van der Waals surface area contributed by atoms with Gasteiger partial charge in [-0.05, 0) is 67.6 Å². The first-order valence-corrected chi connectivity index (χ1v) is 13.0. The third kappa shape index (κ3) is 4.52. The topological polar surface area (TPSA) is 44.2 Å². The van der Waals surface area contributed by atoms with Gasteiger partial charge in [0.2, 0.25) is 0 Å². The number of thiazole rings is 1. The molecule has 0 radical (unpaired) electrons. The second-order valence-electron chi connectivity index (χ2n) is 9.11. The second-order valence-corrected chi connectivity index (χ2v) is 9.95. The van der Waals surface area contributed by atoms with Gasteiger partial charge in [-0.15, -0.1) is 11.3 Å². The van der Waals surface area contributed by atoms with E-state index in [-0.39, 0.29) is 5.56 Å². The van der Waals surface area contributed by atoms with Crippen LogP contribution < -0.4 is 10.4 Å². The van der Waals surface area contributed by atoms with Crippen LogP contribution in [0.25, 0.3) is 16.9 Å². The third-order valence-corrected chi connectivity index (χ3v) is 7.66. The fourth-order valence-electron chi connectivity index (χ4n) is 4.43. The molecule has 0 unspecified atom stereocenters. The van der Waals surface area contributed by atoms with Crippen LogP contribution in [0.1, 0.15) is 22.4 Å². The number of hydrogen-bond acceptors (Lipinski definition) is 3. The summed E-state index contributed by atoms with van der Waals surface area (Å²) < 4.78 is 5.81. The summed E-state index contributed by atoms with van der Waals surface area (Å²) in [5, 5.41) is 2.15. The normalized spacial score (nSPS) is 11.8. The molecule has 5 aromatic rings. The molecule has 0 aliphatic heterocycles. The minimum absolute atomic E-state index is 0.114. The number of aryl methyl sites for hydroxylation is 3. The summed E-state index contributed by atoms with van der Waals surface area (Å²) in [6.45, 7) is 7.00.